The van der Waals surface area contributed by atoms with Gasteiger partial charge in [-0.15, -0.1) is 0 Å². The number of methoxy groups -OCH3 is 1. The molecule has 5 heteroatoms. The van der Waals surface area contributed by atoms with Gasteiger partial charge in [-0.2, -0.15) is 5.10 Å². The van der Waals surface area contributed by atoms with Crippen LogP contribution in [0.25, 0.3) is 21.8 Å². The second-order valence-electron chi connectivity index (χ2n) is 3.92. The zero-order valence-electron chi connectivity index (χ0n) is 9.50. The molecule has 0 radical (unpaired) electrons. The van der Waals surface area contributed by atoms with Crippen LogP contribution in [0.15, 0.2) is 23.0 Å². The standard InChI is InChI=1S/C12H11N3O2/c1-6-10-8-4-3-7(17-2)5-9(8)13-11(10)12(16)15-14-6/h3-5,13H,1-2H3,(H,15,16). The van der Waals surface area contributed by atoms with Gasteiger partial charge in [0.2, 0.25) is 0 Å². The minimum Gasteiger partial charge on any atom is -0.497 e. The number of hydrogen-bond acceptors (Lipinski definition) is 3. The maximum absolute atomic E-state index is 11.7. The van der Waals surface area contributed by atoms with Crippen molar-refractivity contribution < 1.29 is 4.74 Å². The summed E-state index contributed by atoms with van der Waals surface area (Å²) in [6.45, 7) is 1.87. The first-order valence-corrected chi connectivity index (χ1v) is 5.25. The average molecular weight is 229 g/mol. The number of H-pyrrole nitrogens is 2. The number of nitrogens with zero attached hydrogens (tertiary/aromatic N) is 1. The first-order valence-electron chi connectivity index (χ1n) is 5.25. The second kappa shape index (κ2) is 3.35. The molecule has 86 valence electrons. The van der Waals surface area contributed by atoms with Crippen molar-refractivity contribution in [2.75, 3.05) is 7.11 Å². The van der Waals surface area contributed by atoms with Crippen LogP contribution >= 0.6 is 0 Å². The van der Waals surface area contributed by atoms with Crippen LogP contribution in [0.2, 0.25) is 0 Å². The Balaban J connectivity index is 2.54. The van der Waals surface area contributed by atoms with Crippen molar-refractivity contribution in [1.82, 2.24) is 15.2 Å². The van der Waals surface area contributed by atoms with Gasteiger partial charge in [-0.1, -0.05) is 0 Å². The lowest BCUT2D eigenvalue weighted by Gasteiger charge is -1.98. The van der Waals surface area contributed by atoms with Gasteiger partial charge in [0.15, 0.2) is 0 Å². The van der Waals surface area contributed by atoms with E-state index in [1.165, 1.54) is 0 Å². The topological polar surface area (TPSA) is 70.8 Å². The summed E-state index contributed by atoms with van der Waals surface area (Å²) in [5.41, 5.74) is 2.03. The fourth-order valence-electron chi connectivity index (χ4n) is 2.10. The third-order valence-corrected chi connectivity index (χ3v) is 2.92. The molecule has 0 aliphatic rings. The van der Waals surface area contributed by atoms with Gasteiger partial charge < -0.3 is 9.72 Å². The predicted octanol–water partition coefficient (Wildman–Crippen LogP) is 1.72. The normalized spacial score (nSPS) is 11.2. The lowest BCUT2D eigenvalue weighted by Crippen LogP contribution is -2.09. The first kappa shape index (κ1) is 9.89. The van der Waals surface area contributed by atoms with E-state index < -0.39 is 0 Å². The fourth-order valence-corrected chi connectivity index (χ4v) is 2.10. The highest BCUT2D eigenvalue weighted by Crippen LogP contribution is 2.27. The summed E-state index contributed by atoms with van der Waals surface area (Å²) in [7, 11) is 1.61. The molecule has 0 bridgehead atoms. The van der Waals surface area contributed by atoms with Crippen molar-refractivity contribution in [3.05, 3.63) is 34.2 Å². The Morgan fingerprint density at radius 2 is 2.18 bits per heavy atom. The van der Waals surface area contributed by atoms with Crippen molar-refractivity contribution in [3.63, 3.8) is 0 Å². The monoisotopic (exact) mass is 229 g/mol. The quantitative estimate of drug-likeness (QED) is 0.667. The van der Waals surface area contributed by atoms with Crippen LogP contribution in [0.3, 0.4) is 0 Å². The largest absolute Gasteiger partial charge is 0.497 e. The molecule has 2 aromatic heterocycles. The summed E-state index contributed by atoms with van der Waals surface area (Å²) in [5, 5.41) is 8.30. The number of nitrogens with one attached hydrogen (secondary N) is 2. The van der Waals surface area contributed by atoms with E-state index in [-0.39, 0.29) is 5.56 Å². The van der Waals surface area contributed by atoms with Crippen LogP contribution in [-0.4, -0.2) is 22.3 Å². The van der Waals surface area contributed by atoms with Crippen molar-refractivity contribution in [3.8, 4) is 5.75 Å². The molecule has 2 N–H and O–H groups in total. The number of fused-ring (bicyclic) bond motifs is 3. The van der Waals surface area contributed by atoms with E-state index >= 15 is 0 Å². The van der Waals surface area contributed by atoms with E-state index in [9.17, 15) is 4.79 Å². The van der Waals surface area contributed by atoms with Gasteiger partial charge in [-0.25, -0.2) is 5.10 Å². The Bertz CT molecular complexity index is 770. The molecule has 0 saturated carbocycles. The molecular formula is C12H11N3O2. The molecular weight excluding hydrogens is 218 g/mol. The number of benzene rings is 1. The minimum atomic E-state index is -0.208. The molecule has 3 aromatic rings. The highest BCUT2D eigenvalue weighted by Gasteiger charge is 2.10. The fraction of sp³-hybridized carbons (Fsp3) is 0.167. The summed E-state index contributed by atoms with van der Waals surface area (Å²) >= 11 is 0. The number of rotatable bonds is 1. The average Bonchev–Trinajstić information content (AvgIpc) is 2.73. The van der Waals surface area contributed by atoms with Gasteiger partial charge in [-0.3, -0.25) is 4.79 Å². The second-order valence-corrected chi connectivity index (χ2v) is 3.92. The van der Waals surface area contributed by atoms with E-state index in [0.29, 0.717) is 5.52 Å². The van der Waals surface area contributed by atoms with E-state index in [1.54, 1.807) is 7.11 Å². The SMILES string of the molecule is COc1ccc2c(c1)[nH]c1c(=O)[nH]nc(C)c12. The molecule has 0 aliphatic carbocycles. The number of aryl methyl sites for hydroxylation is 1. The van der Waals surface area contributed by atoms with Crippen molar-refractivity contribution in [2.45, 2.75) is 6.92 Å². The number of ether oxygens (including phenoxy) is 1. The van der Waals surface area contributed by atoms with E-state index in [0.717, 1.165) is 27.7 Å². The van der Waals surface area contributed by atoms with Crippen LogP contribution in [0.4, 0.5) is 0 Å². The van der Waals surface area contributed by atoms with Crippen molar-refractivity contribution in [2.24, 2.45) is 0 Å². The smallest absolute Gasteiger partial charge is 0.288 e. The Hall–Kier alpha value is -2.30. The van der Waals surface area contributed by atoms with E-state index in [1.807, 2.05) is 25.1 Å². The van der Waals surface area contributed by atoms with Crippen LogP contribution in [0.5, 0.6) is 5.75 Å². The Labute approximate surface area is 96.4 Å². The molecule has 0 fully saturated rings. The molecule has 0 unspecified atom stereocenters. The maximum atomic E-state index is 11.7. The summed E-state index contributed by atoms with van der Waals surface area (Å²) in [6.07, 6.45) is 0. The Morgan fingerprint density at radius 3 is 2.94 bits per heavy atom. The highest BCUT2D eigenvalue weighted by molar-refractivity contribution is 6.08. The van der Waals surface area contributed by atoms with Crippen molar-refractivity contribution >= 4 is 21.8 Å². The predicted molar refractivity (Wildman–Crippen MR) is 65.5 cm³/mol. The van der Waals surface area contributed by atoms with E-state index in [2.05, 4.69) is 15.2 Å². The molecule has 2 heterocycles. The molecule has 1 aromatic carbocycles. The van der Waals surface area contributed by atoms with Gasteiger partial charge >= 0.3 is 0 Å². The molecule has 3 rings (SSSR count). The van der Waals surface area contributed by atoms with Crippen LogP contribution in [0.1, 0.15) is 5.69 Å². The first-order chi connectivity index (χ1) is 8.20. The lowest BCUT2D eigenvalue weighted by molar-refractivity contribution is 0.415. The lowest BCUT2D eigenvalue weighted by atomic mass is 10.1. The molecule has 0 spiro atoms. The Morgan fingerprint density at radius 1 is 1.35 bits per heavy atom. The van der Waals surface area contributed by atoms with Gasteiger partial charge in [0.25, 0.3) is 5.56 Å². The van der Waals surface area contributed by atoms with E-state index in [4.69, 9.17) is 4.74 Å². The Kier molecular flexibility index (Phi) is 1.95. The van der Waals surface area contributed by atoms with Crippen LogP contribution in [-0.2, 0) is 0 Å². The number of aromatic nitrogens is 3. The third kappa shape index (κ3) is 1.32. The minimum absolute atomic E-state index is 0.208. The molecule has 0 saturated heterocycles. The molecule has 17 heavy (non-hydrogen) atoms. The summed E-state index contributed by atoms with van der Waals surface area (Å²) in [5.74, 6) is 0.756. The summed E-state index contributed by atoms with van der Waals surface area (Å²) < 4.78 is 5.16. The van der Waals surface area contributed by atoms with Gasteiger partial charge in [0, 0.05) is 16.8 Å². The molecule has 0 atom stereocenters. The summed E-state index contributed by atoms with van der Waals surface area (Å²) in [4.78, 5) is 14.8. The summed E-state index contributed by atoms with van der Waals surface area (Å²) in [6, 6.07) is 5.67. The van der Waals surface area contributed by atoms with Gasteiger partial charge in [-0.05, 0) is 19.1 Å². The highest BCUT2D eigenvalue weighted by atomic mass is 16.5. The van der Waals surface area contributed by atoms with Gasteiger partial charge in [0.1, 0.15) is 11.3 Å². The zero-order valence-corrected chi connectivity index (χ0v) is 9.50. The van der Waals surface area contributed by atoms with Crippen molar-refractivity contribution in [1.29, 1.82) is 0 Å². The molecule has 0 aliphatic heterocycles. The third-order valence-electron chi connectivity index (χ3n) is 2.92. The maximum Gasteiger partial charge on any atom is 0.288 e. The van der Waals surface area contributed by atoms with Gasteiger partial charge in [0.05, 0.1) is 18.3 Å². The molecule has 0 amide bonds. The molecule has 5 nitrogen and oxygen atoms in total. The number of aromatic amines is 2. The number of hydrogen-bond donors (Lipinski definition) is 2. The van der Waals surface area contributed by atoms with Crippen LogP contribution < -0.4 is 10.3 Å². The van der Waals surface area contributed by atoms with Crippen LogP contribution in [0, 0.1) is 6.92 Å². The zero-order chi connectivity index (χ0) is 12.0.